The molecule has 99 heavy (non-hydrogen) atoms. The third-order valence-corrected chi connectivity index (χ3v) is 18.7. The Hall–Kier alpha value is -7.80. The minimum absolute atomic E-state index is 0.0186. The van der Waals surface area contributed by atoms with Crippen molar-refractivity contribution in [3.05, 3.63) is 71.8 Å². The van der Waals surface area contributed by atoms with Crippen LogP contribution in [-0.2, 0) is 70.4 Å². The number of benzene rings is 2. The van der Waals surface area contributed by atoms with E-state index in [2.05, 4.69) is 31.9 Å². The fraction of sp³-hybridized carbons (Fsp3) is 0.676. The number of amides is 11. The van der Waals surface area contributed by atoms with Crippen molar-refractivity contribution in [1.29, 1.82) is 0 Å². The summed E-state index contributed by atoms with van der Waals surface area (Å²) >= 11 is 0. The van der Waals surface area contributed by atoms with Gasteiger partial charge < -0.3 is 66.4 Å². The molecule has 1 unspecified atom stereocenters. The molecule has 25 nitrogen and oxygen atoms in total. The summed E-state index contributed by atoms with van der Waals surface area (Å²) in [4.78, 5) is 183. The topological polar surface area (TPSA) is 317 Å². The van der Waals surface area contributed by atoms with E-state index in [1.54, 1.807) is 51.1 Å². The summed E-state index contributed by atoms with van der Waals surface area (Å²) in [5, 5.41) is 28.4. The highest BCUT2D eigenvalue weighted by atomic mass is 16.3. The second kappa shape index (κ2) is 40.5. The van der Waals surface area contributed by atoms with E-state index in [1.165, 1.54) is 87.6 Å². The molecule has 1 fully saturated rings. The predicted molar refractivity (Wildman–Crippen MR) is 381 cm³/mol. The molecule has 2 aromatic rings. The number of hydrogen-bond donors (Lipinski definition) is 7. The molecule has 1 heterocycles. The van der Waals surface area contributed by atoms with Crippen LogP contribution in [0.5, 0.6) is 0 Å². The Bertz CT molecular complexity index is 3020. The van der Waals surface area contributed by atoms with Crippen molar-refractivity contribution in [2.24, 2.45) is 47.3 Å². The number of carbonyl (C=O) groups is 12. The molecule has 7 N–H and O–H groups in total. The summed E-state index contributed by atoms with van der Waals surface area (Å²) in [6, 6.07) is 7.36. The van der Waals surface area contributed by atoms with Gasteiger partial charge in [-0.25, -0.2) is 0 Å². The van der Waals surface area contributed by atoms with Crippen molar-refractivity contribution in [2.75, 3.05) is 68.5 Å². The maximum Gasteiger partial charge on any atom is 0.248 e. The Morgan fingerprint density at radius 2 is 0.919 bits per heavy atom. The van der Waals surface area contributed by atoms with Gasteiger partial charge in [0.25, 0.3) is 0 Å². The molecule has 0 radical (unpaired) electrons. The first-order valence-corrected chi connectivity index (χ1v) is 35.3. The highest BCUT2D eigenvalue weighted by Gasteiger charge is 2.42. The van der Waals surface area contributed by atoms with Crippen molar-refractivity contribution in [2.45, 2.75) is 209 Å². The number of hydrogen-bond acceptors (Lipinski definition) is 14. The van der Waals surface area contributed by atoms with Gasteiger partial charge in [-0.05, 0) is 106 Å². The number of aliphatic hydroxyl groups excluding tert-OH is 1. The molecule has 13 atom stereocenters. The first-order valence-electron chi connectivity index (χ1n) is 35.3. The molecule has 0 spiro atoms. The van der Waals surface area contributed by atoms with E-state index >= 15 is 4.79 Å². The Balaban J connectivity index is 2.24. The van der Waals surface area contributed by atoms with Crippen LogP contribution in [0, 0.1) is 47.3 Å². The zero-order chi connectivity index (χ0) is 75.0. The third-order valence-electron chi connectivity index (χ3n) is 18.7. The van der Waals surface area contributed by atoms with Crippen molar-refractivity contribution < 1.29 is 62.6 Å². The Morgan fingerprint density at radius 3 is 1.40 bits per heavy atom. The molecule has 554 valence electrons. The SMILES string of the molecule is CC[C@H](C)[C@H]1C(=O)NCC(=O)N(C)C[C@@H](Cc2ccccc2)C(=O)N[C@@H]([C@@H](C)O)C(=O)N(C)[C@@H](CC(C)C)C(=O)N[C@@H](CC(C)C)C(=O)N[C@@H](C)C(=O)N(C)[C@H](C)C(=O)N(C)[C@@H](CC(C)C)C(=O)CNC[C@@H](Cc2ccccc2)C(=O)N(C)C(CC(C)C)C(=O)N[C@@H](C(C)C)C(=O)N1C. The van der Waals surface area contributed by atoms with Crippen LogP contribution in [0.25, 0.3) is 0 Å². The molecule has 3 rings (SSSR count). The molecule has 0 saturated carbocycles. The van der Waals surface area contributed by atoms with E-state index in [0.717, 1.165) is 10.5 Å². The van der Waals surface area contributed by atoms with Gasteiger partial charge in [0.1, 0.15) is 48.3 Å². The number of Topliss-reactive ketones (excluding diaryl/α,β-unsaturated/α-hetero) is 1. The molecular weight excluding hydrogens is 1260 g/mol. The summed E-state index contributed by atoms with van der Waals surface area (Å²) in [7, 11) is 8.71. The monoisotopic (exact) mass is 1380 g/mol. The zero-order valence-corrected chi connectivity index (χ0v) is 63.0. The maximum absolute atomic E-state index is 15.0. The van der Waals surface area contributed by atoms with Crippen LogP contribution in [0.15, 0.2) is 60.7 Å². The van der Waals surface area contributed by atoms with Gasteiger partial charge in [-0.1, -0.05) is 150 Å². The fourth-order valence-corrected chi connectivity index (χ4v) is 12.4. The van der Waals surface area contributed by atoms with Gasteiger partial charge in [0.05, 0.1) is 37.1 Å². The molecule has 1 aliphatic rings. The molecule has 2 aromatic carbocycles. The lowest BCUT2D eigenvalue weighted by Gasteiger charge is -2.37. The summed E-state index contributed by atoms with van der Waals surface area (Å²) in [6.07, 6.45) is -0.166. The lowest BCUT2D eigenvalue weighted by atomic mass is 9.93. The van der Waals surface area contributed by atoms with E-state index in [1.807, 2.05) is 92.6 Å². The number of ketones is 1. The van der Waals surface area contributed by atoms with E-state index in [-0.39, 0.29) is 87.6 Å². The van der Waals surface area contributed by atoms with Gasteiger partial charge in [0.15, 0.2) is 5.78 Å². The number of aliphatic hydroxyl groups is 1. The smallest absolute Gasteiger partial charge is 0.248 e. The molecule has 0 aromatic heterocycles. The highest BCUT2D eigenvalue weighted by molar-refractivity contribution is 5.99. The molecule has 25 heteroatoms. The fourth-order valence-electron chi connectivity index (χ4n) is 12.4. The molecular formula is C74H120N12O13. The Kier molecular flexibility index (Phi) is 34.9. The minimum atomic E-state index is -1.61. The van der Waals surface area contributed by atoms with Gasteiger partial charge in [-0.15, -0.1) is 0 Å². The molecule has 1 aliphatic heterocycles. The zero-order valence-electron chi connectivity index (χ0n) is 63.0. The molecule has 0 aliphatic carbocycles. The second-order valence-electron chi connectivity index (χ2n) is 29.4. The van der Waals surface area contributed by atoms with E-state index in [9.17, 15) is 57.8 Å². The average Bonchev–Trinajstić information content (AvgIpc) is 0.833. The summed E-state index contributed by atoms with van der Waals surface area (Å²) < 4.78 is 0. The molecule has 0 bridgehead atoms. The van der Waals surface area contributed by atoms with E-state index in [0.29, 0.717) is 12.0 Å². The average molecular weight is 1390 g/mol. The van der Waals surface area contributed by atoms with E-state index < -0.39 is 156 Å². The number of nitrogens with zero attached hydrogens (tertiary/aromatic N) is 6. The maximum atomic E-state index is 15.0. The van der Waals surface area contributed by atoms with Crippen molar-refractivity contribution in [3.8, 4) is 0 Å². The van der Waals surface area contributed by atoms with Gasteiger partial charge in [0.2, 0.25) is 65.0 Å². The van der Waals surface area contributed by atoms with Crippen LogP contribution >= 0.6 is 0 Å². The first kappa shape index (κ1) is 85.4. The summed E-state index contributed by atoms with van der Waals surface area (Å²) in [5.41, 5.74) is 1.52. The summed E-state index contributed by atoms with van der Waals surface area (Å²) in [6.45, 7) is 25.3. The van der Waals surface area contributed by atoms with Gasteiger partial charge in [-0.3, -0.25) is 57.5 Å². The Labute approximate surface area is 589 Å². The van der Waals surface area contributed by atoms with Gasteiger partial charge in [-0.2, -0.15) is 0 Å². The second-order valence-corrected chi connectivity index (χ2v) is 29.4. The predicted octanol–water partition coefficient (Wildman–Crippen LogP) is 3.83. The number of rotatable bonds is 16. The van der Waals surface area contributed by atoms with Crippen LogP contribution in [0.4, 0.5) is 0 Å². The standard InChI is InChI=1S/C74H120N12O13/c1-22-48(12)64-69(94)76-41-61(89)81(16)42-55(38-53-31-27-24-28-32-53)65(90)80-63(51(15)87)74(99)85(20)58(35-45(6)7)67(92)78-56(33-43(2)3)66(91)77-49(13)70(95)82(17)50(14)71(96)83(18)57(34-44(4)5)60(88)40-75-39-54(37-52-29-25-23-26-30-52)72(97)84(19)59(36-46(8)9)68(93)79-62(47(10)11)73(98)86(64)21/h23-32,43-51,54-59,62-64,75,87H,22,33-42H2,1-21H3,(H,76,94)(H,77,91)(H,78,92)(H,79,93)(H,80,90)/t48-,49-,50+,51+,54+,55+,56-,57-,58-,59?,62-,63-,64-/m0/s1. The lowest BCUT2D eigenvalue weighted by Crippen LogP contribution is -2.61. The van der Waals surface area contributed by atoms with Crippen molar-refractivity contribution in [3.63, 3.8) is 0 Å². The van der Waals surface area contributed by atoms with Crippen LogP contribution in [-0.4, -0.2) is 234 Å². The molecule has 1 saturated heterocycles. The van der Waals surface area contributed by atoms with E-state index in [4.69, 9.17) is 0 Å². The normalized spacial score (nSPS) is 25.9. The minimum Gasteiger partial charge on any atom is -0.391 e. The largest absolute Gasteiger partial charge is 0.391 e. The van der Waals surface area contributed by atoms with Crippen molar-refractivity contribution >= 4 is 70.8 Å². The Morgan fingerprint density at radius 1 is 0.465 bits per heavy atom. The van der Waals surface area contributed by atoms with Gasteiger partial charge in [0, 0.05) is 55.4 Å². The summed E-state index contributed by atoms with van der Waals surface area (Å²) in [5.74, 6) is -10.9. The highest BCUT2D eigenvalue weighted by Crippen LogP contribution is 2.23. The van der Waals surface area contributed by atoms with Crippen LogP contribution in [0.1, 0.15) is 147 Å². The number of likely N-dealkylation sites (N-methyl/N-ethyl adjacent to an activating group) is 6. The first-order chi connectivity index (χ1) is 46.2. The van der Waals surface area contributed by atoms with Gasteiger partial charge >= 0.3 is 0 Å². The van der Waals surface area contributed by atoms with Crippen LogP contribution in [0.3, 0.4) is 0 Å². The third kappa shape index (κ3) is 25.7. The lowest BCUT2D eigenvalue weighted by molar-refractivity contribution is -0.148. The van der Waals surface area contributed by atoms with Crippen molar-refractivity contribution in [1.82, 2.24) is 61.3 Å². The molecule has 11 amide bonds. The quantitative estimate of drug-likeness (QED) is 0.126. The number of carbonyl (C=O) groups excluding carboxylic acids is 12. The van der Waals surface area contributed by atoms with Crippen LogP contribution < -0.4 is 31.9 Å². The number of nitrogens with one attached hydrogen (secondary N) is 6. The van der Waals surface area contributed by atoms with Crippen LogP contribution in [0.2, 0.25) is 0 Å².